The number of esters is 1. The molecule has 0 saturated heterocycles. The van der Waals surface area contributed by atoms with Crippen LogP contribution >= 0.6 is 0 Å². The van der Waals surface area contributed by atoms with Gasteiger partial charge in [0.15, 0.2) is 0 Å². The first-order valence-electron chi connectivity index (χ1n) is 37.8. The average Bonchev–Trinajstić information content (AvgIpc) is 3.49. The van der Waals surface area contributed by atoms with Crippen LogP contribution in [0.3, 0.4) is 0 Å². The van der Waals surface area contributed by atoms with E-state index in [2.05, 4.69) is 43.5 Å². The van der Waals surface area contributed by atoms with Crippen LogP contribution in [0.4, 0.5) is 0 Å². The number of aliphatic hydroxyl groups excluding tert-OH is 2. The Hall–Kier alpha value is -1.92. The van der Waals surface area contributed by atoms with Crippen LogP contribution in [0.5, 0.6) is 0 Å². The number of allylic oxidation sites excluding steroid dienone is 5. The number of hydrogen-bond donors (Lipinski definition) is 3. The molecule has 0 radical (unpaired) electrons. The number of nitrogens with one attached hydrogen (secondary N) is 1. The smallest absolute Gasteiger partial charge is 0.305 e. The Labute approximate surface area is 519 Å². The summed E-state index contributed by atoms with van der Waals surface area (Å²) in [5.41, 5.74) is 0. The highest BCUT2D eigenvalue weighted by Crippen LogP contribution is 2.19. The molecular formula is C77H147NO5. The van der Waals surface area contributed by atoms with Gasteiger partial charge < -0.3 is 20.3 Å². The van der Waals surface area contributed by atoms with E-state index in [-0.39, 0.29) is 18.5 Å². The summed E-state index contributed by atoms with van der Waals surface area (Å²) in [6.07, 6.45) is 93.8. The van der Waals surface area contributed by atoms with E-state index >= 15 is 0 Å². The number of rotatable bonds is 71. The summed E-state index contributed by atoms with van der Waals surface area (Å²) >= 11 is 0. The van der Waals surface area contributed by atoms with Crippen LogP contribution in [0.15, 0.2) is 36.5 Å². The number of hydrogen-bond acceptors (Lipinski definition) is 5. The van der Waals surface area contributed by atoms with E-state index in [1.54, 1.807) is 6.08 Å². The molecule has 83 heavy (non-hydrogen) atoms. The highest BCUT2D eigenvalue weighted by atomic mass is 16.5. The van der Waals surface area contributed by atoms with Gasteiger partial charge in [-0.3, -0.25) is 9.59 Å². The molecule has 3 N–H and O–H groups in total. The van der Waals surface area contributed by atoms with Gasteiger partial charge in [-0.05, 0) is 64.2 Å². The summed E-state index contributed by atoms with van der Waals surface area (Å²) in [6, 6.07) is -0.632. The molecule has 0 aromatic carbocycles. The Balaban J connectivity index is 3.43. The summed E-state index contributed by atoms with van der Waals surface area (Å²) in [7, 11) is 0. The van der Waals surface area contributed by atoms with Crippen molar-refractivity contribution in [3.63, 3.8) is 0 Å². The quantitative estimate of drug-likeness (QED) is 0.0320. The van der Waals surface area contributed by atoms with Gasteiger partial charge in [0.25, 0.3) is 0 Å². The number of carbonyl (C=O) groups excluding carboxylic acids is 2. The molecule has 0 aromatic heterocycles. The zero-order valence-corrected chi connectivity index (χ0v) is 56.2. The monoisotopic (exact) mass is 1170 g/mol. The molecule has 0 aromatic rings. The second-order valence-electron chi connectivity index (χ2n) is 26.0. The largest absolute Gasteiger partial charge is 0.466 e. The van der Waals surface area contributed by atoms with E-state index in [0.29, 0.717) is 19.4 Å². The van der Waals surface area contributed by atoms with Crippen molar-refractivity contribution in [2.24, 2.45) is 0 Å². The lowest BCUT2D eigenvalue weighted by Gasteiger charge is -2.20. The Morgan fingerprint density at radius 2 is 0.602 bits per heavy atom. The van der Waals surface area contributed by atoms with Gasteiger partial charge in [0.05, 0.1) is 25.4 Å². The van der Waals surface area contributed by atoms with Gasteiger partial charge in [0.2, 0.25) is 5.91 Å². The normalized spacial score (nSPS) is 12.7. The van der Waals surface area contributed by atoms with Crippen molar-refractivity contribution in [2.75, 3.05) is 13.2 Å². The lowest BCUT2D eigenvalue weighted by Crippen LogP contribution is -2.45. The fourth-order valence-electron chi connectivity index (χ4n) is 11.9. The molecule has 0 heterocycles. The van der Waals surface area contributed by atoms with Crippen LogP contribution < -0.4 is 5.32 Å². The first-order chi connectivity index (χ1) is 41.0. The standard InChI is InChI=1S/C77H147NO5/c1-3-5-7-9-11-13-15-17-19-21-22-23-31-34-38-41-45-49-53-57-61-65-69-75(80)74(73-79)78-76(81)70-66-62-58-54-50-46-42-39-35-32-29-27-25-24-26-28-30-33-36-40-44-48-52-56-60-64-68-72-83-77(82)71-67-63-59-55-51-47-43-37-20-18-16-14-12-10-8-6-4-2/h24-25,28,30,65,69,74-75,79-80H,3-23,26-27,29,31-64,66-68,70-73H2,1-2H3,(H,78,81)/b25-24-,30-28-,69-65+. The van der Waals surface area contributed by atoms with Gasteiger partial charge in [-0.1, -0.05) is 378 Å². The first-order valence-corrected chi connectivity index (χ1v) is 37.8. The molecule has 0 saturated carbocycles. The summed E-state index contributed by atoms with van der Waals surface area (Å²) in [4.78, 5) is 24.6. The van der Waals surface area contributed by atoms with Gasteiger partial charge in [-0.15, -0.1) is 0 Å². The van der Waals surface area contributed by atoms with Gasteiger partial charge >= 0.3 is 5.97 Å². The minimum atomic E-state index is -0.848. The molecule has 490 valence electrons. The molecule has 2 atom stereocenters. The predicted molar refractivity (Wildman–Crippen MR) is 366 cm³/mol. The van der Waals surface area contributed by atoms with Gasteiger partial charge in [0, 0.05) is 12.8 Å². The van der Waals surface area contributed by atoms with Crippen molar-refractivity contribution in [2.45, 2.75) is 431 Å². The maximum absolute atomic E-state index is 12.5. The topological polar surface area (TPSA) is 95.9 Å². The van der Waals surface area contributed by atoms with Crippen molar-refractivity contribution in [1.29, 1.82) is 0 Å². The fourth-order valence-corrected chi connectivity index (χ4v) is 11.9. The maximum Gasteiger partial charge on any atom is 0.305 e. The average molecular weight is 1170 g/mol. The zero-order valence-electron chi connectivity index (χ0n) is 56.2. The third-order valence-electron chi connectivity index (χ3n) is 17.7. The molecule has 0 aliphatic heterocycles. The van der Waals surface area contributed by atoms with E-state index in [4.69, 9.17) is 4.74 Å². The summed E-state index contributed by atoms with van der Waals surface area (Å²) in [5.74, 6) is -0.0521. The van der Waals surface area contributed by atoms with Crippen LogP contribution in [-0.4, -0.2) is 47.4 Å². The second-order valence-corrected chi connectivity index (χ2v) is 26.0. The van der Waals surface area contributed by atoms with Crippen molar-refractivity contribution in [3.8, 4) is 0 Å². The summed E-state index contributed by atoms with van der Waals surface area (Å²) < 4.78 is 5.50. The Morgan fingerprint density at radius 1 is 0.337 bits per heavy atom. The van der Waals surface area contributed by atoms with E-state index in [9.17, 15) is 19.8 Å². The predicted octanol–water partition coefficient (Wildman–Crippen LogP) is 24.7. The third-order valence-corrected chi connectivity index (χ3v) is 17.7. The lowest BCUT2D eigenvalue weighted by molar-refractivity contribution is -0.143. The Kier molecular flexibility index (Phi) is 70.9. The molecule has 6 nitrogen and oxygen atoms in total. The molecule has 0 rings (SSSR count). The van der Waals surface area contributed by atoms with Gasteiger partial charge in [0.1, 0.15) is 0 Å². The minimum Gasteiger partial charge on any atom is -0.466 e. The molecule has 1 amide bonds. The van der Waals surface area contributed by atoms with Crippen molar-refractivity contribution >= 4 is 11.9 Å². The second kappa shape index (κ2) is 72.6. The first kappa shape index (κ1) is 81.1. The Morgan fingerprint density at radius 3 is 0.916 bits per heavy atom. The van der Waals surface area contributed by atoms with Gasteiger partial charge in [-0.25, -0.2) is 0 Å². The molecular weight excluding hydrogens is 1020 g/mol. The molecule has 0 aliphatic rings. The molecule has 6 heteroatoms. The van der Waals surface area contributed by atoms with Crippen molar-refractivity contribution in [1.82, 2.24) is 5.32 Å². The van der Waals surface area contributed by atoms with Crippen LogP contribution in [0, 0.1) is 0 Å². The molecule has 0 aliphatic carbocycles. The number of carbonyl (C=O) groups is 2. The number of ether oxygens (including phenoxy) is 1. The van der Waals surface area contributed by atoms with Gasteiger partial charge in [-0.2, -0.15) is 0 Å². The highest BCUT2D eigenvalue weighted by molar-refractivity contribution is 5.76. The number of aliphatic hydroxyl groups is 2. The molecule has 0 spiro atoms. The third kappa shape index (κ3) is 69.1. The number of amides is 1. The van der Waals surface area contributed by atoms with Crippen LogP contribution in [0.1, 0.15) is 418 Å². The van der Waals surface area contributed by atoms with Crippen LogP contribution in [0.25, 0.3) is 0 Å². The molecule has 2 unspecified atom stereocenters. The maximum atomic E-state index is 12.5. The molecule has 0 bridgehead atoms. The minimum absolute atomic E-state index is 0.0149. The Bertz CT molecular complexity index is 1340. The van der Waals surface area contributed by atoms with E-state index in [1.165, 1.54) is 347 Å². The fraction of sp³-hybridized carbons (Fsp3) is 0.896. The summed E-state index contributed by atoms with van der Waals surface area (Å²) in [5, 5.41) is 23.3. The number of unbranched alkanes of at least 4 members (excludes halogenated alkanes) is 56. The van der Waals surface area contributed by atoms with E-state index in [0.717, 1.165) is 44.9 Å². The SMILES string of the molecule is CCCCCCCCCCCCCCCCCCCCCC/C=C/C(O)C(CO)NC(=O)CCCCCCCCCCCCC/C=C\C/C=C\CCCCCCCCCCCOC(=O)CCCCCCCCCCCCCCCCCCC. The highest BCUT2D eigenvalue weighted by Gasteiger charge is 2.18. The van der Waals surface area contributed by atoms with Crippen LogP contribution in [0.2, 0.25) is 0 Å². The van der Waals surface area contributed by atoms with E-state index in [1.807, 2.05) is 6.08 Å². The van der Waals surface area contributed by atoms with Crippen molar-refractivity contribution in [3.05, 3.63) is 36.5 Å². The van der Waals surface area contributed by atoms with Crippen molar-refractivity contribution < 1.29 is 24.5 Å². The zero-order chi connectivity index (χ0) is 59.9. The lowest BCUT2D eigenvalue weighted by atomic mass is 10.0. The van der Waals surface area contributed by atoms with Crippen LogP contribution in [-0.2, 0) is 14.3 Å². The molecule has 0 fully saturated rings. The summed E-state index contributed by atoms with van der Waals surface area (Å²) in [6.45, 7) is 4.95. The van der Waals surface area contributed by atoms with E-state index < -0.39 is 12.1 Å².